The van der Waals surface area contributed by atoms with Crippen LogP contribution in [0.3, 0.4) is 0 Å². The highest BCUT2D eigenvalue weighted by molar-refractivity contribution is 9.10. The molecule has 0 bridgehead atoms. The fourth-order valence-corrected chi connectivity index (χ4v) is 3.92. The molecule has 1 heterocycles. The molecule has 30 heavy (non-hydrogen) atoms. The monoisotopic (exact) mass is 503 g/mol. The van der Waals surface area contributed by atoms with Gasteiger partial charge in [0.2, 0.25) is 16.0 Å². The molecule has 1 aromatic heterocycles. The van der Waals surface area contributed by atoms with Crippen LogP contribution in [0, 0.1) is 5.92 Å². The summed E-state index contributed by atoms with van der Waals surface area (Å²) in [5.41, 5.74) is 0.561. The van der Waals surface area contributed by atoms with Crippen molar-refractivity contribution in [2.75, 3.05) is 30.5 Å². The maximum atomic E-state index is 12.3. The van der Waals surface area contributed by atoms with Gasteiger partial charge in [0.15, 0.2) is 0 Å². The van der Waals surface area contributed by atoms with Crippen LogP contribution in [0.15, 0.2) is 39.8 Å². The molecular weight excluding hydrogens is 478 g/mol. The van der Waals surface area contributed by atoms with E-state index in [0.29, 0.717) is 16.0 Å². The van der Waals surface area contributed by atoms with Gasteiger partial charge in [-0.2, -0.15) is 4.98 Å². The van der Waals surface area contributed by atoms with E-state index in [1.165, 1.54) is 12.1 Å². The number of aromatic nitrogens is 2. The zero-order valence-electron chi connectivity index (χ0n) is 16.6. The van der Waals surface area contributed by atoms with Gasteiger partial charge in [-0.05, 0) is 46.1 Å². The first-order valence-corrected chi connectivity index (χ1v) is 11.5. The Bertz CT molecular complexity index is 923. The molecule has 2 rings (SSSR count). The lowest BCUT2D eigenvalue weighted by Crippen LogP contribution is -2.39. The first-order chi connectivity index (χ1) is 14.2. The van der Waals surface area contributed by atoms with Crippen LogP contribution >= 0.6 is 15.9 Å². The van der Waals surface area contributed by atoms with Crippen LogP contribution < -0.4 is 15.4 Å². The summed E-state index contributed by atoms with van der Waals surface area (Å²) in [4.78, 5) is 8.57. The van der Waals surface area contributed by atoms with E-state index in [1.54, 1.807) is 18.3 Å². The minimum atomic E-state index is -3.88. The van der Waals surface area contributed by atoms with Crippen LogP contribution in [0.5, 0.6) is 0 Å². The van der Waals surface area contributed by atoms with E-state index in [1.807, 2.05) is 13.8 Å². The number of halogens is 1. The molecule has 0 spiro atoms. The van der Waals surface area contributed by atoms with Crippen LogP contribution in [0.2, 0.25) is 0 Å². The summed E-state index contributed by atoms with van der Waals surface area (Å²) in [5, 5.41) is 33.8. The van der Waals surface area contributed by atoms with E-state index in [-0.39, 0.29) is 29.4 Å². The third-order valence-corrected chi connectivity index (χ3v) is 6.37. The summed E-state index contributed by atoms with van der Waals surface area (Å²) in [6.07, 6.45) is 1.57. The fourth-order valence-electron chi connectivity index (χ4n) is 2.39. The van der Waals surface area contributed by atoms with Crippen molar-refractivity contribution in [3.63, 3.8) is 0 Å². The van der Waals surface area contributed by atoms with Gasteiger partial charge in [0.1, 0.15) is 5.82 Å². The van der Waals surface area contributed by atoms with Crippen LogP contribution in [0.1, 0.15) is 13.8 Å². The van der Waals surface area contributed by atoms with Crippen LogP contribution in [-0.4, -0.2) is 65.6 Å². The van der Waals surface area contributed by atoms with Crippen molar-refractivity contribution >= 4 is 43.4 Å². The molecule has 6 N–H and O–H groups in total. The van der Waals surface area contributed by atoms with Gasteiger partial charge < -0.3 is 26.0 Å². The summed E-state index contributed by atoms with van der Waals surface area (Å²) in [6, 6.07) is 4.71. The number of aliphatic hydroxyl groups is 3. The molecule has 10 nitrogen and oxygen atoms in total. The molecule has 1 aromatic carbocycles. The summed E-state index contributed by atoms with van der Waals surface area (Å²) in [7, 11) is -3.88. The van der Waals surface area contributed by atoms with E-state index in [9.17, 15) is 13.5 Å². The zero-order chi connectivity index (χ0) is 22.3. The standard InChI is InChI=1S/C18H26BrN5O5S/c1-11(2)16(10-27)22-17-15(19)7-20-18(23-17)21-12-3-5-14(6-4-12)30(28,29)24-13(8-25)9-26/h3-7,11,13,16,24-27H,8-10H2,1-2H3,(H2,20,21,22,23)/t16-/m0/s1. The van der Waals surface area contributed by atoms with Crippen LogP contribution in [0.4, 0.5) is 17.5 Å². The Hall–Kier alpha value is -1.83. The third kappa shape index (κ3) is 6.59. The second kappa shape index (κ2) is 11.0. The van der Waals surface area contributed by atoms with Gasteiger partial charge in [-0.25, -0.2) is 18.1 Å². The largest absolute Gasteiger partial charge is 0.395 e. The molecule has 166 valence electrons. The van der Waals surface area contributed by atoms with Crippen LogP contribution in [-0.2, 0) is 10.0 Å². The molecule has 0 saturated carbocycles. The first-order valence-electron chi connectivity index (χ1n) is 9.21. The van der Waals surface area contributed by atoms with E-state index in [0.717, 1.165) is 0 Å². The smallest absolute Gasteiger partial charge is 0.240 e. The Morgan fingerprint density at radius 2 is 1.70 bits per heavy atom. The molecule has 0 saturated heterocycles. The molecule has 0 radical (unpaired) electrons. The van der Waals surface area contributed by atoms with Gasteiger partial charge in [0, 0.05) is 11.9 Å². The maximum absolute atomic E-state index is 12.3. The fraction of sp³-hybridized carbons (Fsp3) is 0.444. The van der Waals surface area contributed by atoms with E-state index >= 15 is 0 Å². The second-order valence-electron chi connectivity index (χ2n) is 6.90. The number of benzene rings is 1. The molecule has 12 heteroatoms. The van der Waals surface area contributed by atoms with Gasteiger partial charge in [-0.15, -0.1) is 0 Å². The van der Waals surface area contributed by atoms with E-state index < -0.39 is 29.3 Å². The minimum absolute atomic E-state index is 0.0123. The summed E-state index contributed by atoms with van der Waals surface area (Å²) < 4.78 is 27.4. The molecule has 2 aromatic rings. The minimum Gasteiger partial charge on any atom is -0.395 e. The molecule has 0 unspecified atom stereocenters. The summed E-state index contributed by atoms with van der Waals surface area (Å²) >= 11 is 3.38. The highest BCUT2D eigenvalue weighted by atomic mass is 79.9. The second-order valence-corrected chi connectivity index (χ2v) is 9.47. The number of nitrogens with zero attached hydrogens (tertiary/aromatic N) is 2. The Morgan fingerprint density at radius 1 is 1.07 bits per heavy atom. The Morgan fingerprint density at radius 3 is 2.23 bits per heavy atom. The molecule has 0 aliphatic carbocycles. The summed E-state index contributed by atoms with van der Waals surface area (Å²) in [5.74, 6) is 0.992. The van der Waals surface area contributed by atoms with Crippen molar-refractivity contribution in [2.24, 2.45) is 5.92 Å². The van der Waals surface area contributed by atoms with Gasteiger partial charge in [0.05, 0.1) is 41.3 Å². The predicted molar refractivity (Wildman–Crippen MR) is 117 cm³/mol. The average molecular weight is 504 g/mol. The lowest BCUT2D eigenvalue weighted by atomic mass is 10.1. The summed E-state index contributed by atoms with van der Waals surface area (Å²) in [6.45, 7) is 2.89. The van der Waals surface area contributed by atoms with Gasteiger partial charge in [-0.3, -0.25) is 0 Å². The van der Waals surface area contributed by atoms with E-state index in [4.69, 9.17) is 10.2 Å². The van der Waals surface area contributed by atoms with Crippen molar-refractivity contribution < 1.29 is 23.7 Å². The zero-order valence-corrected chi connectivity index (χ0v) is 19.0. The Labute approximate surface area is 184 Å². The maximum Gasteiger partial charge on any atom is 0.240 e. The van der Waals surface area contributed by atoms with Crippen molar-refractivity contribution in [2.45, 2.75) is 30.8 Å². The van der Waals surface area contributed by atoms with Crippen molar-refractivity contribution in [1.29, 1.82) is 0 Å². The topological polar surface area (TPSA) is 157 Å². The highest BCUT2D eigenvalue weighted by Gasteiger charge is 2.19. The number of aliphatic hydroxyl groups excluding tert-OH is 3. The number of sulfonamides is 1. The average Bonchev–Trinajstić information content (AvgIpc) is 2.72. The normalized spacial score (nSPS) is 12.9. The molecule has 0 aliphatic rings. The number of hydrogen-bond acceptors (Lipinski definition) is 9. The quantitative estimate of drug-likeness (QED) is 0.263. The predicted octanol–water partition coefficient (Wildman–Crippen LogP) is 1.04. The highest BCUT2D eigenvalue weighted by Crippen LogP contribution is 2.24. The SMILES string of the molecule is CC(C)[C@H](CO)Nc1nc(Nc2ccc(S(=O)(=O)NC(CO)CO)cc2)ncc1Br. The Balaban J connectivity index is 2.15. The number of hydrogen-bond donors (Lipinski definition) is 6. The van der Waals surface area contributed by atoms with Gasteiger partial charge in [0.25, 0.3) is 0 Å². The van der Waals surface area contributed by atoms with Crippen molar-refractivity contribution in [3.05, 3.63) is 34.9 Å². The lowest BCUT2D eigenvalue weighted by Gasteiger charge is -2.21. The molecule has 0 aliphatic heterocycles. The number of nitrogens with one attached hydrogen (secondary N) is 3. The third-order valence-electron chi connectivity index (χ3n) is 4.25. The molecule has 1 atom stereocenters. The lowest BCUT2D eigenvalue weighted by molar-refractivity contribution is 0.185. The number of anilines is 3. The van der Waals surface area contributed by atoms with Crippen LogP contribution in [0.25, 0.3) is 0 Å². The number of rotatable bonds is 11. The molecule has 0 amide bonds. The van der Waals surface area contributed by atoms with Gasteiger partial charge >= 0.3 is 0 Å². The van der Waals surface area contributed by atoms with E-state index in [2.05, 4.69) is 41.3 Å². The van der Waals surface area contributed by atoms with Gasteiger partial charge in [-0.1, -0.05) is 13.8 Å². The first kappa shape index (κ1) is 24.4. The Kier molecular flexibility index (Phi) is 8.94. The van der Waals surface area contributed by atoms with Crippen molar-refractivity contribution in [3.8, 4) is 0 Å². The molecular formula is C18H26BrN5O5S. The van der Waals surface area contributed by atoms with Crippen molar-refractivity contribution in [1.82, 2.24) is 14.7 Å². The molecule has 0 fully saturated rings.